The second kappa shape index (κ2) is 6.41. The summed E-state index contributed by atoms with van der Waals surface area (Å²) in [7, 11) is 0. The summed E-state index contributed by atoms with van der Waals surface area (Å²) in [6.45, 7) is 4.46. The molecular weight excluding hydrogens is 324 g/mol. The summed E-state index contributed by atoms with van der Waals surface area (Å²) in [5, 5.41) is 3.14. The average molecular weight is 346 g/mol. The number of benzene rings is 1. The highest BCUT2D eigenvalue weighted by molar-refractivity contribution is 5.91. The van der Waals surface area contributed by atoms with E-state index >= 15 is 0 Å². The zero-order chi connectivity index (χ0) is 18.1. The standard InChI is InChI=1S/C21H22N4O/c1-15-6-3-4-8-18(15)21(9-10-21)20(26)24-14-17-7-5-11-23-19(17)25-13-12-22-16(25)2/h3-8,11-13H,9-10,14H2,1-2H3,(H,24,26). The Labute approximate surface area is 153 Å². The Bertz CT molecular complexity index is 956. The Morgan fingerprint density at radius 2 is 1.92 bits per heavy atom. The number of rotatable bonds is 5. The normalized spacial score (nSPS) is 14.8. The van der Waals surface area contributed by atoms with Gasteiger partial charge in [0.05, 0.1) is 5.41 Å². The molecule has 1 aliphatic carbocycles. The number of carbonyl (C=O) groups excluding carboxylic acids is 1. The lowest BCUT2D eigenvalue weighted by Gasteiger charge is -2.18. The van der Waals surface area contributed by atoms with E-state index in [0.717, 1.165) is 35.6 Å². The number of aryl methyl sites for hydroxylation is 2. The number of nitrogens with zero attached hydrogens (tertiary/aromatic N) is 3. The van der Waals surface area contributed by atoms with Crippen LogP contribution in [-0.2, 0) is 16.8 Å². The first-order chi connectivity index (χ1) is 12.6. The predicted octanol–water partition coefficient (Wildman–Crippen LogP) is 3.23. The summed E-state index contributed by atoms with van der Waals surface area (Å²) in [6, 6.07) is 12.1. The van der Waals surface area contributed by atoms with Gasteiger partial charge in [-0.05, 0) is 43.9 Å². The second-order valence-electron chi connectivity index (χ2n) is 6.91. The molecule has 1 N–H and O–H groups in total. The van der Waals surface area contributed by atoms with Gasteiger partial charge in [0.1, 0.15) is 11.6 Å². The first kappa shape index (κ1) is 16.5. The van der Waals surface area contributed by atoms with Crippen LogP contribution < -0.4 is 5.32 Å². The fourth-order valence-electron chi connectivity index (χ4n) is 3.59. The van der Waals surface area contributed by atoms with Gasteiger partial charge in [-0.3, -0.25) is 9.36 Å². The predicted molar refractivity (Wildman–Crippen MR) is 100 cm³/mol. The maximum absolute atomic E-state index is 13.0. The van der Waals surface area contributed by atoms with Crippen LogP contribution in [0.4, 0.5) is 0 Å². The molecule has 3 aromatic rings. The molecule has 0 aliphatic heterocycles. The minimum Gasteiger partial charge on any atom is -0.351 e. The number of pyridine rings is 1. The zero-order valence-corrected chi connectivity index (χ0v) is 15.1. The van der Waals surface area contributed by atoms with Crippen LogP contribution in [0, 0.1) is 13.8 Å². The zero-order valence-electron chi connectivity index (χ0n) is 15.1. The molecular formula is C21H22N4O. The smallest absolute Gasteiger partial charge is 0.230 e. The van der Waals surface area contributed by atoms with E-state index in [9.17, 15) is 4.79 Å². The Kier molecular flexibility index (Phi) is 4.07. The minimum atomic E-state index is -0.362. The first-order valence-electron chi connectivity index (χ1n) is 8.90. The quantitative estimate of drug-likeness (QED) is 0.771. The van der Waals surface area contributed by atoms with Crippen LogP contribution >= 0.6 is 0 Å². The van der Waals surface area contributed by atoms with Gasteiger partial charge in [-0.15, -0.1) is 0 Å². The van der Waals surface area contributed by atoms with Crippen molar-refractivity contribution >= 4 is 5.91 Å². The Balaban J connectivity index is 1.55. The summed E-state index contributed by atoms with van der Waals surface area (Å²) >= 11 is 0. The van der Waals surface area contributed by atoms with Gasteiger partial charge in [0.25, 0.3) is 0 Å². The molecule has 132 valence electrons. The molecule has 4 rings (SSSR count). The summed E-state index contributed by atoms with van der Waals surface area (Å²) in [5.41, 5.74) is 2.94. The van der Waals surface area contributed by atoms with Gasteiger partial charge in [0.15, 0.2) is 0 Å². The van der Waals surface area contributed by atoms with Crippen molar-refractivity contribution in [1.82, 2.24) is 19.9 Å². The molecule has 2 aromatic heterocycles. The maximum Gasteiger partial charge on any atom is 0.230 e. The van der Waals surface area contributed by atoms with E-state index in [0.29, 0.717) is 6.54 Å². The SMILES string of the molecule is Cc1ccccc1C1(C(=O)NCc2cccnc2-n2ccnc2C)CC1. The van der Waals surface area contributed by atoms with Gasteiger partial charge in [-0.1, -0.05) is 30.3 Å². The van der Waals surface area contributed by atoms with Crippen molar-refractivity contribution in [3.05, 3.63) is 77.5 Å². The minimum absolute atomic E-state index is 0.101. The van der Waals surface area contributed by atoms with Gasteiger partial charge in [-0.2, -0.15) is 0 Å². The number of imidazole rings is 1. The Morgan fingerprint density at radius 3 is 2.62 bits per heavy atom. The van der Waals surface area contributed by atoms with Crippen molar-refractivity contribution in [3.63, 3.8) is 0 Å². The number of hydrogen-bond acceptors (Lipinski definition) is 3. The topological polar surface area (TPSA) is 59.8 Å². The van der Waals surface area contributed by atoms with E-state index in [-0.39, 0.29) is 11.3 Å². The molecule has 1 aromatic carbocycles. The van der Waals surface area contributed by atoms with Crippen LogP contribution in [-0.4, -0.2) is 20.4 Å². The highest BCUT2D eigenvalue weighted by Crippen LogP contribution is 2.49. The third-order valence-corrected chi connectivity index (χ3v) is 5.21. The largest absolute Gasteiger partial charge is 0.351 e. The Morgan fingerprint density at radius 1 is 1.12 bits per heavy atom. The number of aromatic nitrogens is 3. The summed E-state index contributed by atoms with van der Waals surface area (Å²) in [6.07, 6.45) is 7.21. The first-order valence-corrected chi connectivity index (χ1v) is 8.90. The third-order valence-electron chi connectivity index (χ3n) is 5.21. The van der Waals surface area contributed by atoms with Crippen molar-refractivity contribution in [3.8, 4) is 5.82 Å². The van der Waals surface area contributed by atoms with Crippen LogP contribution in [0.5, 0.6) is 0 Å². The number of hydrogen-bond donors (Lipinski definition) is 1. The molecule has 0 bridgehead atoms. The molecule has 5 heteroatoms. The van der Waals surface area contributed by atoms with E-state index in [2.05, 4.69) is 34.3 Å². The number of nitrogens with one attached hydrogen (secondary N) is 1. The highest BCUT2D eigenvalue weighted by atomic mass is 16.2. The lowest BCUT2D eigenvalue weighted by molar-refractivity contribution is -0.123. The molecule has 1 fully saturated rings. The molecule has 2 heterocycles. The number of carbonyl (C=O) groups is 1. The monoisotopic (exact) mass is 346 g/mol. The molecule has 0 unspecified atom stereocenters. The van der Waals surface area contributed by atoms with Crippen molar-refractivity contribution < 1.29 is 4.79 Å². The lowest BCUT2D eigenvalue weighted by atomic mass is 9.91. The highest BCUT2D eigenvalue weighted by Gasteiger charge is 2.51. The molecule has 0 atom stereocenters. The summed E-state index contributed by atoms with van der Waals surface area (Å²) in [5.74, 6) is 1.78. The average Bonchev–Trinajstić information content (AvgIpc) is 3.35. The molecule has 0 spiro atoms. The van der Waals surface area contributed by atoms with Gasteiger partial charge >= 0.3 is 0 Å². The van der Waals surface area contributed by atoms with Crippen molar-refractivity contribution in [2.24, 2.45) is 0 Å². The molecule has 1 saturated carbocycles. The van der Waals surface area contributed by atoms with Gasteiger partial charge in [0.2, 0.25) is 5.91 Å². The van der Waals surface area contributed by atoms with Gasteiger partial charge in [-0.25, -0.2) is 9.97 Å². The van der Waals surface area contributed by atoms with Crippen LogP contribution in [0.25, 0.3) is 5.82 Å². The lowest BCUT2D eigenvalue weighted by Crippen LogP contribution is -2.35. The van der Waals surface area contributed by atoms with Gasteiger partial charge < -0.3 is 5.32 Å². The molecule has 1 aliphatic rings. The molecule has 0 saturated heterocycles. The van der Waals surface area contributed by atoms with Crippen LogP contribution in [0.15, 0.2) is 55.0 Å². The van der Waals surface area contributed by atoms with E-state index in [4.69, 9.17) is 0 Å². The van der Waals surface area contributed by atoms with E-state index in [1.165, 1.54) is 5.56 Å². The third kappa shape index (κ3) is 2.79. The van der Waals surface area contributed by atoms with E-state index in [1.54, 1.807) is 12.4 Å². The van der Waals surface area contributed by atoms with E-state index < -0.39 is 0 Å². The van der Waals surface area contributed by atoms with Crippen LogP contribution in [0.3, 0.4) is 0 Å². The van der Waals surface area contributed by atoms with Crippen molar-refractivity contribution in [2.45, 2.75) is 38.6 Å². The van der Waals surface area contributed by atoms with Gasteiger partial charge in [0, 0.05) is 30.7 Å². The molecule has 26 heavy (non-hydrogen) atoms. The van der Waals surface area contributed by atoms with Crippen molar-refractivity contribution in [1.29, 1.82) is 0 Å². The van der Waals surface area contributed by atoms with Crippen LogP contribution in [0.2, 0.25) is 0 Å². The maximum atomic E-state index is 13.0. The molecule has 5 nitrogen and oxygen atoms in total. The fourth-order valence-corrected chi connectivity index (χ4v) is 3.59. The molecule has 0 radical (unpaired) electrons. The van der Waals surface area contributed by atoms with Crippen molar-refractivity contribution in [2.75, 3.05) is 0 Å². The van der Waals surface area contributed by atoms with Crippen LogP contribution in [0.1, 0.15) is 35.4 Å². The molecule has 1 amide bonds. The summed E-state index contributed by atoms with van der Waals surface area (Å²) < 4.78 is 1.94. The fraction of sp³-hybridized carbons (Fsp3) is 0.286. The van der Waals surface area contributed by atoms with E-state index in [1.807, 2.05) is 42.0 Å². The Hall–Kier alpha value is -2.95. The number of amides is 1. The second-order valence-corrected chi connectivity index (χ2v) is 6.91. The summed E-state index contributed by atoms with van der Waals surface area (Å²) in [4.78, 5) is 21.7.